The topological polar surface area (TPSA) is 41.1 Å². The maximum Gasteiger partial charge on any atom is 0.200 e. The van der Waals surface area contributed by atoms with Crippen molar-refractivity contribution in [3.8, 4) is 0 Å². The van der Waals surface area contributed by atoms with Crippen LogP contribution in [0.3, 0.4) is 0 Å². The minimum absolute atomic E-state index is 0.843. The summed E-state index contributed by atoms with van der Waals surface area (Å²) < 4.78 is 8.72. The van der Waals surface area contributed by atoms with E-state index in [0.717, 1.165) is 53.6 Å². The van der Waals surface area contributed by atoms with Crippen molar-refractivity contribution < 1.29 is 4.42 Å². The molecule has 0 saturated carbocycles. The van der Waals surface area contributed by atoms with Crippen LogP contribution in [0, 0.1) is 0 Å². The Hall–Kier alpha value is -2.88. The highest BCUT2D eigenvalue weighted by atomic mass is 16.3. The van der Waals surface area contributed by atoms with Gasteiger partial charge in [-0.1, -0.05) is 6.07 Å². The highest BCUT2D eigenvalue weighted by Gasteiger charge is 2.13. The molecule has 27 heavy (non-hydrogen) atoms. The Bertz CT molecular complexity index is 1250. The highest BCUT2D eigenvalue weighted by molar-refractivity contribution is 6.04. The monoisotopic (exact) mass is 358 g/mol. The van der Waals surface area contributed by atoms with Gasteiger partial charge < -0.3 is 9.73 Å². The van der Waals surface area contributed by atoms with Gasteiger partial charge in [-0.3, -0.25) is 0 Å². The highest BCUT2D eigenvalue weighted by Crippen LogP contribution is 2.31. The van der Waals surface area contributed by atoms with Crippen molar-refractivity contribution in [1.82, 2.24) is 9.56 Å². The standard InChI is InChI=1S/C23H23N3O/c1-3-26(4-2)17-8-9-18-15(12-17)7-10-19-23(18)27-22-14-20-16(6-5-11-24-20)13-21(22)25-19/h7-10,12-14H,3-6,11H2,1-2H3/p+1. The smallest absolute Gasteiger partial charge is 0.200 e. The molecule has 0 fully saturated rings. The largest absolute Gasteiger partial charge is 0.452 e. The van der Waals surface area contributed by atoms with Gasteiger partial charge in [-0.05, 0) is 55.8 Å². The molecule has 0 atom stereocenters. The van der Waals surface area contributed by atoms with Crippen molar-refractivity contribution >= 4 is 38.7 Å². The first-order valence-electron chi connectivity index (χ1n) is 9.89. The van der Waals surface area contributed by atoms with Crippen LogP contribution < -0.4 is 15.2 Å². The van der Waals surface area contributed by atoms with Crippen LogP contribution in [0.4, 0.5) is 5.69 Å². The first-order chi connectivity index (χ1) is 13.3. The molecule has 0 amide bonds. The molecule has 136 valence electrons. The lowest BCUT2D eigenvalue weighted by Crippen LogP contribution is -2.29. The Kier molecular flexibility index (Phi) is 3.85. The van der Waals surface area contributed by atoms with E-state index in [4.69, 9.17) is 9.40 Å². The van der Waals surface area contributed by atoms with E-state index in [1.165, 1.54) is 28.4 Å². The lowest BCUT2D eigenvalue weighted by molar-refractivity contribution is 0.627. The molecule has 0 saturated heterocycles. The third-order valence-corrected chi connectivity index (χ3v) is 5.64. The Morgan fingerprint density at radius 1 is 1.04 bits per heavy atom. The van der Waals surface area contributed by atoms with E-state index in [0.29, 0.717) is 0 Å². The van der Waals surface area contributed by atoms with Crippen molar-refractivity contribution in [3.63, 3.8) is 0 Å². The van der Waals surface area contributed by atoms with E-state index in [-0.39, 0.29) is 0 Å². The first kappa shape index (κ1) is 16.3. The summed E-state index contributed by atoms with van der Waals surface area (Å²) in [5.41, 5.74) is 6.07. The summed E-state index contributed by atoms with van der Waals surface area (Å²) in [6.07, 6.45) is 2.27. The summed E-state index contributed by atoms with van der Waals surface area (Å²) in [7, 11) is 0. The fourth-order valence-corrected chi connectivity index (χ4v) is 4.15. The number of aromatic nitrogens is 1. The summed E-state index contributed by atoms with van der Waals surface area (Å²) in [4.78, 5) is 4.89. The predicted octanol–water partition coefficient (Wildman–Crippen LogP) is 4.30. The van der Waals surface area contributed by atoms with Gasteiger partial charge in [0.05, 0.1) is 0 Å². The van der Waals surface area contributed by atoms with E-state index in [1.807, 2.05) is 0 Å². The van der Waals surface area contributed by atoms with Gasteiger partial charge in [0.15, 0.2) is 11.2 Å². The Morgan fingerprint density at radius 2 is 1.93 bits per heavy atom. The van der Waals surface area contributed by atoms with Gasteiger partial charge in [0.2, 0.25) is 5.36 Å². The molecule has 4 nitrogen and oxygen atoms in total. The number of nitrogens with zero attached hydrogens (tertiary/aromatic N) is 2. The molecule has 0 radical (unpaired) electrons. The molecular formula is C23H24N3O+. The van der Waals surface area contributed by atoms with Crippen molar-refractivity contribution in [3.05, 3.63) is 53.4 Å². The maximum atomic E-state index is 6.36. The van der Waals surface area contributed by atoms with Gasteiger partial charge in [-0.15, -0.1) is 0 Å². The Morgan fingerprint density at radius 3 is 2.78 bits per heavy atom. The van der Waals surface area contributed by atoms with Crippen LogP contribution in [-0.4, -0.2) is 24.6 Å². The predicted molar refractivity (Wildman–Crippen MR) is 112 cm³/mol. The van der Waals surface area contributed by atoms with Gasteiger partial charge in [0.25, 0.3) is 0 Å². The van der Waals surface area contributed by atoms with Crippen LogP contribution in [0.25, 0.3) is 33.0 Å². The molecule has 5 rings (SSSR count). The zero-order valence-corrected chi connectivity index (χ0v) is 15.9. The second kappa shape index (κ2) is 6.38. The second-order valence-corrected chi connectivity index (χ2v) is 7.21. The molecule has 0 unspecified atom stereocenters. The number of aryl methyl sites for hydroxylation is 1. The van der Waals surface area contributed by atoms with E-state index in [2.05, 4.69) is 66.2 Å². The van der Waals surface area contributed by atoms with Crippen LogP contribution in [-0.2, 0) is 6.42 Å². The average molecular weight is 358 g/mol. The fourth-order valence-electron chi connectivity index (χ4n) is 4.15. The van der Waals surface area contributed by atoms with E-state index in [1.54, 1.807) is 0 Å². The average Bonchev–Trinajstić information content (AvgIpc) is 2.71. The van der Waals surface area contributed by atoms with Gasteiger partial charge in [-0.25, -0.2) is 9.56 Å². The van der Waals surface area contributed by atoms with Crippen LogP contribution >= 0.6 is 0 Å². The third kappa shape index (κ3) is 2.67. The first-order valence-corrected chi connectivity index (χ1v) is 9.89. The van der Waals surface area contributed by atoms with Crippen LogP contribution in [0.5, 0.6) is 0 Å². The zero-order chi connectivity index (χ0) is 18.4. The van der Waals surface area contributed by atoms with Gasteiger partial charge >= 0.3 is 0 Å². The number of nitrogens with one attached hydrogen (secondary N) is 1. The van der Waals surface area contributed by atoms with Crippen molar-refractivity contribution in [2.45, 2.75) is 26.7 Å². The summed E-state index contributed by atoms with van der Waals surface area (Å²) in [5, 5.41) is 7.03. The molecule has 1 aromatic heterocycles. The molecule has 1 N–H and O–H groups in total. The molecule has 0 aliphatic carbocycles. The maximum absolute atomic E-state index is 6.36. The SMILES string of the molecule is CC[N+](CC)=c1ccc2c(ccc3nc4cc5c(cc4oc32)NCCC5)c1. The molecule has 1 aliphatic heterocycles. The van der Waals surface area contributed by atoms with E-state index in [9.17, 15) is 0 Å². The summed E-state index contributed by atoms with van der Waals surface area (Å²) >= 11 is 0. The summed E-state index contributed by atoms with van der Waals surface area (Å²) in [6, 6.07) is 15.1. The number of anilines is 1. The second-order valence-electron chi connectivity index (χ2n) is 7.21. The molecular weight excluding hydrogens is 334 g/mol. The summed E-state index contributed by atoms with van der Waals surface area (Å²) in [6.45, 7) is 7.41. The van der Waals surface area contributed by atoms with Gasteiger partial charge in [0, 0.05) is 35.8 Å². The lowest BCUT2D eigenvalue weighted by Gasteiger charge is -2.18. The van der Waals surface area contributed by atoms with Crippen molar-refractivity contribution in [2.24, 2.45) is 0 Å². The molecule has 2 heterocycles. The van der Waals surface area contributed by atoms with Crippen LogP contribution in [0.15, 0.2) is 46.9 Å². The summed E-state index contributed by atoms with van der Waals surface area (Å²) in [5.74, 6) is 0. The molecule has 0 bridgehead atoms. The molecule has 1 aliphatic rings. The quantitative estimate of drug-likeness (QED) is 0.330. The molecule has 0 spiro atoms. The van der Waals surface area contributed by atoms with Crippen LogP contribution in [0.1, 0.15) is 25.8 Å². The number of hydrogen-bond donors (Lipinski definition) is 1. The third-order valence-electron chi connectivity index (χ3n) is 5.64. The van der Waals surface area contributed by atoms with Crippen LogP contribution in [0.2, 0.25) is 0 Å². The molecule has 4 aromatic rings. The number of hydrogen-bond acceptors (Lipinski definition) is 3. The molecule has 3 aromatic carbocycles. The van der Waals surface area contributed by atoms with Gasteiger partial charge in [-0.2, -0.15) is 0 Å². The number of fused-ring (bicyclic) bond motifs is 5. The minimum atomic E-state index is 0.843. The Labute approximate surface area is 158 Å². The van der Waals surface area contributed by atoms with E-state index < -0.39 is 0 Å². The number of rotatable bonds is 2. The van der Waals surface area contributed by atoms with E-state index >= 15 is 0 Å². The number of benzene rings is 3. The Balaban J connectivity index is 1.79. The molecule has 4 heteroatoms. The normalized spacial score (nSPS) is 13.7. The van der Waals surface area contributed by atoms with Crippen molar-refractivity contribution in [1.29, 1.82) is 0 Å². The zero-order valence-electron chi connectivity index (χ0n) is 15.9. The fraction of sp³-hybridized carbons (Fsp3) is 0.304. The minimum Gasteiger partial charge on any atom is -0.452 e. The van der Waals surface area contributed by atoms with Gasteiger partial charge in [0.1, 0.15) is 24.1 Å². The lowest BCUT2D eigenvalue weighted by atomic mass is 10.0. The van der Waals surface area contributed by atoms with Crippen molar-refractivity contribution in [2.75, 3.05) is 25.0 Å².